The van der Waals surface area contributed by atoms with Gasteiger partial charge < -0.3 is 14.4 Å². The first-order valence-electron chi connectivity index (χ1n) is 8.14. The van der Waals surface area contributed by atoms with Crippen LogP contribution < -0.4 is 4.74 Å². The Morgan fingerprint density at radius 1 is 1.50 bits per heavy atom. The number of ether oxygens (including phenoxy) is 1. The van der Waals surface area contributed by atoms with Crippen molar-refractivity contribution in [1.29, 1.82) is 0 Å². The summed E-state index contributed by atoms with van der Waals surface area (Å²) in [6, 6.07) is 3.52. The molecule has 2 aromatic heterocycles. The van der Waals surface area contributed by atoms with Gasteiger partial charge in [0.05, 0.1) is 30.8 Å². The van der Waals surface area contributed by atoms with Crippen molar-refractivity contribution in [2.75, 3.05) is 13.2 Å². The van der Waals surface area contributed by atoms with Crippen LogP contribution in [-0.2, 0) is 13.0 Å². The van der Waals surface area contributed by atoms with E-state index in [-0.39, 0.29) is 12.0 Å². The molecule has 1 aliphatic rings. The van der Waals surface area contributed by atoms with Crippen LogP contribution in [-0.4, -0.2) is 43.8 Å². The molecule has 0 saturated heterocycles. The highest BCUT2D eigenvalue weighted by Crippen LogP contribution is 2.34. The molecule has 3 heterocycles. The number of rotatable bonds is 5. The average molecular weight is 330 g/mol. The Kier molecular flexibility index (Phi) is 4.69. The highest BCUT2D eigenvalue weighted by Gasteiger charge is 2.35. The fourth-order valence-electron chi connectivity index (χ4n) is 3.23. The van der Waals surface area contributed by atoms with Crippen LogP contribution >= 0.6 is 0 Å². The van der Waals surface area contributed by atoms with Crippen LogP contribution in [0.15, 0.2) is 30.9 Å². The number of carboxylic acid groups (broad SMARTS) is 1. The first kappa shape index (κ1) is 16.3. The van der Waals surface area contributed by atoms with Crippen LogP contribution in [0.1, 0.15) is 31.3 Å². The van der Waals surface area contributed by atoms with Gasteiger partial charge in [0.15, 0.2) is 0 Å². The van der Waals surface area contributed by atoms with Gasteiger partial charge in [-0.1, -0.05) is 13.8 Å². The fourth-order valence-corrected chi connectivity index (χ4v) is 3.23. The summed E-state index contributed by atoms with van der Waals surface area (Å²) in [6.45, 7) is 5.75. The average Bonchev–Trinajstić information content (AvgIpc) is 2.98. The molecular weight excluding hydrogens is 308 g/mol. The van der Waals surface area contributed by atoms with Gasteiger partial charge in [0.25, 0.3) is 0 Å². The molecule has 128 valence electrons. The van der Waals surface area contributed by atoms with Crippen molar-refractivity contribution < 1.29 is 14.6 Å². The lowest BCUT2D eigenvalue weighted by Gasteiger charge is -2.35. The predicted octanol–water partition coefficient (Wildman–Crippen LogP) is 2.59. The van der Waals surface area contributed by atoms with E-state index in [1.54, 1.807) is 18.7 Å². The zero-order valence-corrected chi connectivity index (χ0v) is 13.9. The third-order valence-electron chi connectivity index (χ3n) is 4.30. The lowest BCUT2D eigenvalue weighted by molar-refractivity contribution is 0.102. The second-order valence-corrected chi connectivity index (χ2v) is 6.22. The van der Waals surface area contributed by atoms with Crippen molar-refractivity contribution in [2.45, 2.75) is 32.9 Å². The van der Waals surface area contributed by atoms with E-state index in [9.17, 15) is 9.90 Å². The minimum Gasteiger partial charge on any atom is -0.490 e. The SMILES string of the molecule is CC(C)C1c2ncn(CCOc3cccnc3)c2CCN1C(=O)O. The van der Waals surface area contributed by atoms with Gasteiger partial charge >= 0.3 is 6.09 Å². The molecule has 1 amide bonds. The Morgan fingerprint density at radius 3 is 3.00 bits per heavy atom. The number of nitrogens with zero attached hydrogens (tertiary/aromatic N) is 4. The summed E-state index contributed by atoms with van der Waals surface area (Å²) in [4.78, 5) is 21.5. The Balaban J connectivity index is 1.72. The summed E-state index contributed by atoms with van der Waals surface area (Å²) >= 11 is 0. The van der Waals surface area contributed by atoms with E-state index >= 15 is 0 Å². The number of fused-ring (bicyclic) bond motifs is 1. The summed E-state index contributed by atoms with van der Waals surface area (Å²) in [6.07, 6.45) is 4.98. The Morgan fingerprint density at radius 2 is 2.33 bits per heavy atom. The van der Waals surface area contributed by atoms with Gasteiger partial charge in [-0.3, -0.25) is 9.88 Å². The maximum atomic E-state index is 11.5. The molecule has 2 aromatic rings. The molecule has 0 aliphatic carbocycles. The maximum Gasteiger partial charge on any atom is 0.407 e. The van der Waals surface area contributed by atoms with E-state index in [0.29, 0.717) is 26.1 Å². The molecule has 0 saturated carbocycles. The van der Waals surface area contributed by atoms with Crippen molar-refractivity contribution >= 4 is 6.09 Å². The number of pyridine rings is 1. The van der Waals surface area contributed by atoms with Crippen molar-refractivity contribution in [3.05, 3.63) is 42.2 Å². The number of aromatic nitrogens is 3. The van der Waals surface area contributed by atoms with Crippen molar-refractivity contribution in [2.24, 2.45) is 5.92 Å². The number of carbonyl (C=O) groups is 1. The van der Waals surface area contributed by atoms with Crippen molar-refractivity contribution in [3.63, 3.8) is 0 Å². The molecule has 1 N–H and O–H groups in total. The van der Waals surface area contributed by atoms with Gasteiger partial charge in [-0.15, -0.1) is 0 Å². The van der Waals surface area contributed by atoms with E-state index in [1.807, 2.05) is 26.0 Å². The molecular formula is C17H22N4O3. The molecule has 7 heteroatoms. The van der Waals surface area contributed by atoms with Gasteiger partial charge in [-0.2, -0.15) is 0 Å². The van der Waals surface area contributed by atoms with Gasteiger partial charge in [0, 0.05) is 24.9 Å². The van der Waals surface area contributed by atoms with Crippen LogP contribution in [0.3, 0.4) is 0 Å². The fraction of sp³-hybridized carbons (Fsp3) is 0.471. The topological polar surface area (TPSA) is 80.5 Å². The molecule has 3 rings (SSSR count). The normalized spacial score (nSPS) is 17.0. The van der Waals surface area contributed by atoms with E-state index < -0.39 is 6.09 Å². The minimum absolute atomic E-state index is 0.176. The summed E-state index contributed by atoms with van der Waals surface area (Å²) < 4.78 is 7.76. The molecule has 0 bridgehead atoms. The Bertz CT molecular complexity index is 699. The van der Waals surface area contributed by atoms with E-state index in [2.05, 4.69) is 14.5 Å². The van der Waals surface area contributed by atoms with Crippen LogP contribution in [0.25, 0.3) is 0 Å². The van der Waals surface area contributed by atoms with Gasteiger partial charge in [-0.05, 0) is 18.1 Å². The van der Waals surface area contributed by atoms with Crippen molar-refractivity contribution in [3.8, 4) is 5.75 Å². The highest BCUT2D eigenvalue weighted by molar-refractivity contribution is 5.66. The first-order valence-corrected chi connectivity index (χ1v) is 8.14. The third kappa shape index (κ3) is 3.20. The summed E-state index contributed by atoms with van der Waals surface area (Å²) in [5, 5.41) is 9.42. The molecule has 24 heavy (non-hydrogen) atoms. The maximum absolute atomic E-state index is 11.5. The lowest BCUT2D eigenvalue weighted by Crippen LogP contribution is -2.42. The summed E-state index contributed by atoms with van der Waals surface area (Å²) in [7, 11) is 0. The van der Waals surface area contributed by atoms with Crippen LogP contribution in [0.2, 0.25) is 0 Å². The molecule has 7 nitrogen and oxygen atoms in total. The van der Waals surface area contributed by atoms with Crippen LogP contribution in [0, 0.1) is 5.92 Å². The minimum atomic E-state index is -0.881. The molecule has 0 fully saturated rings. The quantitative estimate of drug-likeness (QED) is 0.911. The van der Waals surface area contributed by atoms with E-state index in [4.69, 9.17) is 4.74 Å². The smallest absolute Gasteiger partial charge is 0.407 e. The number of amides is 1. The molecule has 0 aromatic carbocycles. The number of hydrogen-bond donors (Lipinski definition) is 1. The predicted molar refractivity (Wildman–Crippen MR) is 88.0 cm³/mol. The zero-order chi connectivity index (χ0) is 17.1. The molecule has 1 unspecified atom stereocenters. The van der Waals surface area contributed by atoms with Gasteiger partial charge in [0.2, 0.25) is 0 Å². The second-order valence-electron chi connectivity index (χ2n) is 6.22. The molecule has 1 aliphatic heterocycles. The zero-order valence-electron chi connectivity index (χ0n) is 13.9. The van der Waals surface area contributed by atoms with Gasteiger partial charge in [-0.25, -0.2) is 9.78 Å². The number of imidazole rings is 1. The molecule has 0 radical (unpaired) electrons. The van der Waals surface area contributed by atoms with E-state index in [0.717, 1.165) is 17.1 Å². The Hall–Kier alpha value is -2.57. The lowest BCUT2D eigenvalue weighted by atomic mass is 9.93. The highest BCUT2D eigenvalue weighted by atomic mass is 16.5. The summed E-state index contributed by atoms with van der Waals surface area (Å²) in [5.41, 5.74) is 1.99. The van der Waals surface area contributed by atoms with Crippen LogP contribution in [0.5, 0.6) is 5.75 Å². The number of hydrogen-bond acceptors (Lipinski definition) is 4. The Labute approximate surface area is 140 Å². The largest absolute Gasteiger partial charge is 0.490 e. The molecule has 1 atom stereocenters. The second kappa shape index (κ2) is 6.90. The standard InChI is InChI=1S/C17H22N4O3/c1-12(2)16-15-14(5-7-21(16)17(22)23)20(11-19-15)8-9-24-13-4-3-6-18-10-13/h3-4,6,10-12,16H,5,7-9H2,1-2H3,(H,22,23). The van der Waals surface area contributed by atoms with Crippen molar-refractivity contribution in [1.82, 2.24) is 19.4 Å². The summed E-state index contributed by atoms with van der Waals surface area (Å²) in [5.74, 6) is 0.915. The third-order valence-corrected chi connectivity index (χ3v) is 4.30. The monoisotopic (exact) mass is 330 g/mol. The van der Waals surface area contributed by atoms with Gasteiger partial charge in [0.1, 0.15) is 12.4 Å². The van der Waals surface area contributed by atoms with E-state index in [1.165, 1.54) is 4.90 Å². The molecule has 0 spiro atoms. The first-order chi connectivity index (χ1) is 11.6. The van der Waals surface area contributed by atoms with Crippen LogP contribution in [0.4, 0.5) is 4.79 Å².